The molecule has 0 saturated heterocycles. The van der Waals surface area contributed by atoms with Gasteiger partial charge in [0.2, 0.25) is 5.91 Å². The maximum absolute atomic E-state index is 12.5. The van der Waals surface area contributed by atoms with Crippen molar-refractivity contribution < 1.29 is 4.79 Å². The summed E-state index contributed by atoms with van der Waals surface area (Å²) in [6.45, 7) is 3.79. The Morgan fingerprint density at radius 3 is 2.52 bits per heavy atom. The predicted octanol–water partition coefficient (Wildman–Crippen LogP) is 3.70. The van der Waals surface area contributed by atoms with Crippen LogP contribution in [0.1, 0.15) is 16.1 Å². The average Bonchev–Trinajstić information content (AvgIpc) is 2.98. The van der Waals surface area contributed by atoms with Crippen molar-refractivity contribution in [2.45, 2.75) is 20.0 Å². The summed E-state index contributed by atoms with van der Waals surface area (Å²) in [6.07, 6.45) is 0. The van der Waals surface area contributed by atoms with E-state index in [1.807, 2.05) is 49.3 Å². The number of hydrogen-bond acceptors (Lipinski definition) is 4. The fraction of sp³-hybridized carbons (Fsp3) is 0.300. The van der Waals surface area contributed by atoms with Crippen LogP contribution >= 0.6 is 11.3 Å². The third-order valence-electron chi connectivity index (χ3n) is 4.24. The minimum atomic E-state index is 0.117. The van der Waals surface area contributed by atoms with Crippen molar-refractivity contribution in [3.8, 4) is 0 Å². The van der Waals surface area contributed by atoms with E-state index in [0.717, 1.165) is 10.5 Å². The molecule has 0 N–H and O–H groups in total. The molecule has 2 aromatic carbocycles. The van der Waals surface area contributed by atoms with Crippen molar-refractivity contribution in [1.82, 2.24) is 14.8 Å². The zero-order valence-electron chi connectivity index (χ0n) is 14.9. The van der Waals surface area contributed by atoms with Crippen molar-refractivity contribution in [3.05, 3.63) is 64.7 Å². The number of aromatic nitrogens is 1. The van der Waals surface area contributed by atoms with Gasteiger partial charge in [-0.3, -0.25) is 9.69 Å². The molecule has 0 aliphatic carbocycles. The fourth-order valence-electron chi connectivity index (χ4n) is 2.76. The van der Waals surface area contributed by atoms with Crippen LogP contribution in [0.4, 0.5) is 0 Å². The average molecular weight is 353 g/mol. The summed E-state index contributed by atoms with van der Waals surface area (Å²) >= 11 is 1.69. The summed E-state index contributed by atoms with van der Waals surface area (Å²) in [5, 5.41) is 1.04. The molecule has 3 rings (SSSR count). The van der Waals surface area contributed by atoms with Crippen LogP contribution in [0.3, 0.4) is 0 Å². The molecule has 5 heteroatoms. The Morgan fingerprint density at radius 2 is 1.76 bits per heavy atom. The monoisotopic (exact) mass is 353 g/mol. The van der Waals surface area contributed by atoms with E-state index in [1.54, 1.807) is 16.2 Å². The summed E-state index contributed by atoms with van der Waals surface area (Å²) in [5.74, 6) is 0.117. The molecule has 4 nitrogen and oxygen atoms in total. The highest BCUT2D eigenvalue weighted by atomic mass is 32.1. The molecule has 0 radical (unpaired) electrons. The molecule has 25 heavy (non-hydrogen) atoms. The van der Waals surface area contributed by atoms with Crippen molar-refractivity contribution in [3.63, 3.8) is 0 Å². The first-order valence-corrected chi connectivity index (χ1v) is 9.16. The molecule has 1 amide bonds. The molecule has 1 aromatic heterocycles. The second-order valence-corrected chi connectivity index (χ2v) is 7.54. The number of carbonyl (C=O) groups excluding carboxylic acids is 1. The van der Waals surface area contributed by atoms with Crippen molar-refractivity contribution in [2.75, 3.05) is 20.6 Å². The van der Waals surface area contributed by atoms with E-state index in [2.05, 4.69) is 30.1 Å². The molecular formula is C20H23N3OS. The van der Waals surface area contributed by atoms with Crippen LogP contribution in [-0.4, -0.2) is 41.3 Å². The lowest BCUT2D eigenvalue weighted by Gasteiger charge is -2.22. The summed E-state index contributed by atoms with van der Waals surface area (Å²) in [5.41, 5.74) is 3.43. The number of thiazole rings is 1. The highest BCUT2D eigenvalue weighted by molar-refractivity contribution is 7.18. The van der Waals surface area contributed by atoms with Gasteiger partial charge in [-0.05, 0) is 37.2 Å². The van der Waals surface area contributed by atoms with Gasteiger partial charge in [0.25, 0.3) is 0 Å². The third-order valence-corrected chi connectivity index (χ3v) is 5.26. The number of benzene rings is 2. The number of nitrogens with zero attached hydrogens (tertiary/aromatic N) is 3. The van der Waals surface area contributed by atoms with Gasteiger partial charge in [0.15, 0.2) is 0 Å². The molecule has 130 valence electrons. The highest BCUT2D eigenvalue weighted by Gasteiger charge is 2.14. The number of aryl methyl sites for hydroxylation is 1. The van der Waals surface area contributed by atoms with E-state index in [4.69, 9.17) is 0 Å². The van der Waals surface area contributed by atoms with Crippen LogP contribution in [0.25, 0.3) is 10.2 Å². The summed E-state index contributed by atoms with van der Waals surface area (Å²) in [7, 11) is 3.83. The fourth-order valence-corrected chi connectivity index (χ4v) is 3.80. The Hall–Kier alpha value is -2.24. The minimum Gasteiger partial charge on any atom is -0.340 e. The third kappa shape index (κ3) is 4.44. The molecule has 0 atom stereocenters. The smallest absolute Gasteiger partial charge is 0.236 e. The first kappa shape index (κ1) is 17.6. The van der Waals surface area contributed by atoms with Crippen LogP contribution in [0.2, 0.25) is 0 Å². The second kappa shape index (κ2) is 7.76. The summed E-state index contributed by atoms with van der Waals surface area (Å²) < 4.78 is 1.19. The lowest BCUT2D eigenvalue weighted by atomic mass is 10.1. The molecule has 0 unspecified atom stereocenters. The summed E-state index contributed by atoms with van der Waals surface area (Å²) in [6, 6.07) is 16.3. The number of para-hydroxylation sites is 1. The molecule has 0 saturated carbocycles. The van der Waals surface area contributed by atoms with Gasteiger partial charge in [-0.25, -0.2) is 4.98 Å². The van der Waals surface area contributed by atoms with Crippen molar-refractivity contribution >= 4 is 27.5 Å². The topological polar surface area (TPSA) is 36.4 Å². The maximum Gasteiger partial charge on any atom is 0.236 e. The van der Waals surface area contributed by atoms with Crippen LogP contribution in [-0.2, 0) is 17.9 Å². The Balaban J connectivity index is 1.57. The van der Waals surface area contributed by atoms with Gasteiger partial charge in [0.1, 0.15) is 5.01 Å². The predicted molar refractivity (Wildman–Crippen MR) is 104 cm³/mol. The molecule has 0 aliphatic rings. The molecule has 1 heterocycles. The largest absolute Gasteiger partial charge is 0.340 e. The van der Waals surface area contributed by atoms with Crippen LogP contribution in [0, 0.1) is 6.92 Å². The first-order chi connectivity index (χ1) is 12.0. The SMILES string of the molecule is Cc1ccccc1CN(C)C(=O)CN(C)Cc1nc2ccccc2s1. The lowest BCUT2D eigenvalue weighted by Crippen LogP contribution is -2.36. The Morgan fingerprint density at radius 1 is 1.04 bits per heavy atom. The molecule has 0 bridgehead atoms. The van der Waals surface area contributed by atoms with Gasteiger partial charge in [-0.2, -0.15) is 0 Å². The Bertz CT molecular complexity index is 841. The number of amides is 1. The van der Waals surface area contributed by atoms with E-state index in [9.17, 15) is 4.79 Å². The number of carbonyl (C=O) groups is 1. The standard InChI is InChI=1S/C20H23N3OS/c1-15-8-4-5-9-16(15)12-23(3)20(24)14-22(2)13-19-21-17-10-6-7-11-18(17)25-19/h4-11H,12-14H2,1-3H3. The molecular weight excluding hydrogens is 330 g/mol. The van der Waals surface area contributed by atoms with E-state index < -0.39 is 0 Å². The van der Waals surface area contributed by atoms with Crippen molar-refractivity contribution in [1.29, 1.82) is 0 Å². The first-order valence-electron chi connectivity index (χ1n) is 8.34. The molecule has 0 aliphatic heterocycles. The van der Waals surface area contributed by atoms with E-state index in [0.29, 0.717) is 19.6 Å². The molecule has 0 spiro atoms. The Kier molecular flexibility index (Phi) is 5.46. The van der Waals surface area contributed by atoms with E-state index in [-0.39, 0.29) is 5.91 Å². The zero-order valence-corrected chi connectivity index (χ0v) is 15.7. The number of likely N-dealkylation sites (N-methyl/N-ethyl adjacent to an activating group) is 2. The quantitative estimate of drug-likeness (QED) is 0.678. The van der Waals surface area contributed by atoms with Gasteiger partial charge >= 0.3 is 0 Å². The maximum atomic E-state index is 12.5. The van der Waals surface area contributed by atoms with Gasteiger partial charge in [0, 0.05) is 13.6 Å². The minimum absolute atomic E-state index is 0.117. The van der Waals surface area contributed by atoms with Crippen LogP contribution in [0.5, 0.6) is 0 Å². The molecule has 3 aromatic rings. The van der Waals surface area contributed by atoms with Crippen LogP contribution < -0.4 is 0 Å². The lowest BCUT2D eigenvalue weighted by molar-refractivity contribution is -0.131. The van der Waals surface area contributed by atoms with Gasteiger partial charge in [-0.15, -0.1) is 11.3 Å². The summed E-state index contributed by atoms with van der Waals surface area (Å²) in [4.78, 5) is 20.9. The molecule has 0 fully saturated rings. The van der Waals surface area contributed by atoms with E-state index >= 15 is 0 Å². The number of fused-ring (bicyclic) bond motifs is 1. The van der Waals surface area contributed by atoms with Gasteiger partial charge < -0.3 is 4.90 Å². The Labute approximate surface area is 152 Å². The van der Waals surface area contributed by atoms with E-state index in [1.165, 1.54) is 15.8 Å². The number of rotatable bonds is 6. The van der Waals surface area contributed by atoms with Crippen molar-refractivity contribution in [2.24, 2.45) is 0 Å². The highest BCUT2D eigenvalue weighted by Crippen LogP contribution is 2.22. The van der Waals surface area contributed by atoms with Gasteiger partial charge in [-0.1, -0.05) is 36.4 Å². The van der Waals surface area contributed by atoms with Crippen LogP contribution in [0.15, 0.2) is 48.5 Å². The second-order valence-electron chi connectivity index (χ2n) is 6.42. The zero-order chi connectivity index (χ0) is 17.8. The van der Waals surface area contributed by atoms with Gasteiger partial charge in [0.05, 0.1) is 23.3 Å². The number of hydrogen-bond donors (Lipinski definition) is 0. The normalized spacial score (nSPS) is 11.2.